The van der Waals surface area contributed by atoms with E-state index in [-0.39, 0.29) is 17.7 Å². The van der Waals surface area contributed by atoms with Crippen molar-refractivity contribution in [3.05, 3.63) is 65.2 Å². The lowest BCUT2D eigenvalue weighted by molar-refractivity contribution is -0.133. The van der Waals surface area contributed by atoms with Crippen LogP contribution in [0, 0.1) is 5.92 Å². The highest BCUT2D eigenvalue weighted by Crippen LogP contribution is 2.32. The Morgan fingerprint density at radius 3 is 2.42 bits per heavy atom. The van der Waals surface area contributed by atoms with E-state index >= 15 is 0 Å². The van der Waals surface area contributed by atoms with E-state index in [2.05, 4.69) is 24.3 Å². The van der Waals surface area contributed by atoms with E-state index in [1.807, 2.05) is 34.1 Å². The number of carbonyl (C=O) groups excluding carboxylic acids is 2. The maximum Gasteiger partial charge on any atom is 0.232 e. The first-order valence-electron chi connectivity index (χ1n) is 9.35. The number of benzene rings is 2. The van der Waals surface area contributed by atoms with Gasteiger partial charge in [0.05, 0.1) is 12.5 Å². The molecule has 0 radical (unpaired) electrons. The van der Waals surface area contributed by atoms with Crippen LogP contribution in [0.1, 0.15) is 36.5 Å². The highest BCUT2D eigenvalue weighted by molar-refractivity contribution is 5.96. The monoisotopic (exact) mass is 348 g/mol. The zero-order valence-electron chi connectivity index (χ0n) is 15.1. The van der Waals surface area contributed by atoms with E-state index in [9.17, 15) is 9.59 Å². The molecule has 0 aliphatic carbocycles. The third kappa shape index (κ3) is 3.12. The first kappa shape index (κ1) is 16.8. The van der Waals surface area contributed by atoms with Gasteiger partial charge in [0, 0.05) is 25.7 Å². The molecule has 0 spiro atoms. The first-order valence-corrected chi connectivity index (χ1v) is 9.35. The summed E-state index contributed by atoms with van der Waals surface area (Å²) in [5.41, 5.74) is 4.68. The lowest BCUT2D eigenvalue weighted by atomic mass is 9.95. The van der Waals surface area contributed by atoms with Crippen LogP contribution in [0.2, 0.25) is 0 Å². The molecule has 134 valence electrons. The normalized spacial score (nSPS) is 19.3. The summed E-state index contributed by atoms with van der Waals surface area (Å²) in [5, 5.41) is 0. The number of hydrogen-bond donors (Lipinski definition) is 0. The second-order valence-corrected chi connectivity index (χ2v) is 7.30. The fourth-order valence-corrected chi connectivity index (χ4v) is 4.15. The van der Waals surface area contributed by atoms with Crippen molar-refractivity contribution in [1.29, 1.82) is 0 Å². The zero-order valence-corrected chi connectivity index (χ0v) is 15.1. The smallest absolute Gasteiger partial charge is 0.232 e. The van der Waals surface area contributed by atoms with Crippen molar-refractivity contribution in [2.24, 2.45) is 5.92 Å². The predicted octanol–water partition coefficient (Wildman–Crippen LogP) is 3.38. The topological polar surface area (TPSA) is 40.6 Å². The van der Waals surface area contributed by atoms with Crippen LogP contribution in [0.5, 0.6) is 0 Å². The number of hydrogen-bond acceptors (Lipinski definition) is 2. The minimum Gasteiger partial charge on any atom is -0.342 e. The van der Waals surface area contributed by atoms with E-state index in [4.69, 9.17) is 0 Å². The Hall–Kier alpha value is -2.62. The number of amides is 2. The quantitative estimate of drug-likeness (QED) is 0.793. The molecule has 0 N–H and O–H groups in total. The van der Waals surface area contributed by atoms with Crippen LogP contribution in [0.15, 0.2) is 48.5 Å². The maximum atomic E-state index is 13.4. The van der Waals surface area contributed by atoms with Crippen molar-refractivity contribution in [3.8, 4) is 0 Å². The van der Waals surface area contributed by atoms with Crippen molar-refractivity contribution in [2.45, 2.75) is 32.7 Å². The highest BCUT2D eigenvalue weighted by Gasteiger charge is 2.32. The minimum absolute atomic E-state index is 0.0594. The molecule has 2 heterocycles. The average Bonchev–Trinajstić information content (AvgIpc) is 2.84. The van der Waals surface area contributed by atoms with Gasteiger partial charge in [-0.1, -0.05) is 42.5 Å². The Morgan fingerprint density at radius 2 is 1.65 bits per heavy atom. The number of nitrogens with zero attached hydrogens (tertiary/aromatic N) is 2. The largest absolute Gasteiger partial charge is 0.342 e. The number of anilines is 1. The van der Waals surface area contributed by atoms with E-state index < -0.39 is 0 Å². The molecule has 4 nitrogen and oxygen atoms in total. The molecule has 1 saturated heterocycles. The summed E-state index contributed by atoms with van der Waals surface area (Å²) in [4.78, 5) is 28.9. The fraction of sp³-hybridized carbons (Fsp3) is 0.364. The standard InChI is InChI=1S/C22H24N2O2/c1-16(25)23-12-6-10-20(14-23)22(26)24-15-19-9-3-2-7-17(19)13-18-8-4-5-11-21(18)24/h2-5,7-9,11,20H,6,10,12-15H2,1H3. The summed E-state index contributed by atoms with van der Waals surface area (Å²) < 4.78 is 0. The molecule has 1 atom stereocenters. The summed E-state index contributed by atoms with van der Waals surface area (Å²) in [5.74, 6) is 0.0789. The fourth-order valence-electron chi connectivity index (χ4n) is 4.15. The number of piperidine rings is 1. The Morgan fingerprint density at radius 1 is 0.962 bits per heavy atom. The van der Waals surface area contributed by atoms with Gasteiger partial charge in [-0.05, 0) is 42.0 Å². The third-order valence-corrected chi connectivity index (χ3v) is 5.59. The van der Waals surface area contributed by atoms with Gasteiger partial charge < -0.3 is 9.80 Å². The number of rotatable bonds is 1. The molecule has 0 saturated carbocycles. The first-order chi connectivity index (χ1) is 12.6. The van der Waals surface area contributed by atoms with E-state index in [1.54, 1.807) is 6.92 Å². The zero-order chi connectivity index (χ0) is 18.1. The summed E-state index contributed by atoms with van der Waals surface area (Å²) in [6.07, 6.45) is 2.59. The molecule has 1 fully saturated rings. The van der Waals surface area contributed by atoms with E-state index in [0.717, 1.165) is 31.5 Å². The number of carbonyl (C=O) groups is 2. The average molecular weight is 348 g/mol. The van der Waals surface area contributed by atoms with Crippen LogP contribution in [-0.4, -0.2) is 29.8 Å². The van der Waals surface area contributed by atoms with Crippen LogP contribution >= 0.6 is 0 Å². The molecule has 2 amide bonds. The van der Waals surface area contributed by atoms with Gasteiger partial charge in [0.2, 0.25) is 11.8 Å². The van der Waals surface area contributed by atoms with Crippen LogP contribution < -0.4 is 4.90 Å². The van der Waals surface area contributed by atoms with Gasteiger partial charge in [-0.15, -0.1) is 0 Å². The number of para-hydroxylation sites is 1. The Kier molecular flexibility index (Phi) is 4.49. The Balaban J connectivity index is 1.68. The van der Waals surface area contributed by atoms with Gasteiger partial charge in [0.1, 0.15) is 0 Å². The molecule has 1 unspecified atom stereocenters. The summed E-state index contributed by atoms with van der Waals surface area (Å²) >= 11 is 0. The van der Waals surface area contributed by atoms with Gasteiger partial charge in [-0.3, -0.25) is 9.59 Å². The lowest BCUT2D eigenvalue weighted by Crippen LogP contribution is -2.46. The highest BCUT2D eigenvalue weighted by atomic mass is 16.2. The van der Waals surface area contributed by atoms with Crippen molar-refractivity contribution in [1.82, 2.24) is 4.90 Å². The van der Waals surface area contributed by atoms with Crippen molar-refractivity contribution in [3.63, 3.8) is 0 Å². The molecular formula is C22H24N2O2. The Labute approximate surface area is 154 Å². The SMILES string of the molecule is CC(=O)N1CCCC(C(=O)N2Cc3ccccc3Cc3ccccc32)C1. The maximum absolute atomic E-state index is 13.4. The van der Waals surface area contributed by atoms with Crippen LogP contribution in [0.3, 0.4) is 0 Å². The molecule has 26 heavy (non-hydrogen) atoms. The summed E-state index contributed by atoms with van der Waals surface area (Å²) in [6.45, 7) is 3.49. The van der Waals surface area contributed by atoms with Gasteiger partial charge in [0.25, 0.3) is 0 Å². The van der Waals surface area contributed by atoms with E-state index in [0.29, 0.717) is 13.1 Å². The molecule has 2 aliphatic rings. The molecule has 2 aromatic carbocycles. The molecule has 4 rings (SSSR count). The minimum atomic E-state index is -0.119. The molecule has 0 aromatic heterocycles. The second kappa shape index (κ2) is 6.94. The van der Waals surface area contributed by atoms with Gasteiger partial charge in [-0.25, -0.2) is 0 Å². The molecular weight excluding hydrogens is 324 g/mol. The summed E-state index contributed by atoms with van der Waals surface area (Å²) in [6, 6.07) is 16.6. The van der Waals surface area contributed by atoms with Crippen LogP contribution in [-0.2, 0) is 22.6 Å². The van der Waals surface area contributed by atoms with Crippen LogP contribution in [0.25, 0.3) is 0 Å². The number of likely N-dealkylation sites (tertiary alicyclic amines) is 1. The van der Waals surface area contributed by atoms with Crippen molar-refractivity contribution in [2.75, 3.05) is 18.0 Å². The third-order valence-electron chi connectivity index (χ3n) is 5.59. The van der Waals surface area contributed by atoms with Gasteiger partial charge in [-0.2, -0.15) is 0 Å². The van der Waals surface area contributed by atoms with Crippen molar-refractivity contribution < 1.29 is 9.59 Å². The van der Waals surface area contributed by atoms with Crippen molar-refractivity contribution >= 4 is 17.5 Å². The van der Waals surface area contributed by atoms with Gasteiger partial charge in [0.15, 0.2) is 0 Å². The van der Waals surface area contributed by atoms with E-state index in [1.165, 1.54) is 16.7 Å². The molecule has 2 aliphatic heterocycles. The second-order valence-electron chi connectivity index (χ2n) is 7.30. The lowest BCUT2D eigenvalue weighted by Gasteiger charge is -2.34. The molecule has 2 aromatic rings. The number of fused-ring (bicyclic) bond motifs is 2. The molecule has 0 bridgehead atoms. The van der Waals surface area contributed by atoms with Crippen LogP contribution in [0.4, 0.5) is 5.69 Å². The predicted molar refractivity (Wildman–Crippen MR) is 102 cm³/mol. The van der Waals surface area contributed by atoms with Gasteiger partial charge >= 0.3 is 0 Å². The summed E-state index contributed by atoms with van der Waals surface area (Å²) in [7, 11) is 0. The molecule has 4 heteroatoms. The Bertz CT molecular complexity index is 846.